The van der Waals surface area contributed by atoms with Gasteiger partial charge in [-0.1, -0.05) is 31.5 Å². The lowest BCUT2D eigenvalue weighted by atomic mass is 10.0. The van der Waals surface area contributed by atoms with Crippen molar-refractivity contribution >= 4 is 27.5 Å². The summed E-state index contributed by atoms with van der Waals surface area (Å²) in [5, 5.41) is 4.27. The standard InChI is InChI=1S/C14H21BrClNO/c1-4-18-9-14(10(2)3)17-8-11-5-6-13(16)12(15)7-11/h5-7,10,14,17H,4,8-9H2,1-3H3. The van der Waals surface area contributed by atoms with Crippen molar-refractivity contribution < 1.29 is 4.74 Å². The molecule has 0 heterocycles. The van der Waals surface area contributed by atoms with Gasteiger partial charge in [0.25, 0.3) is 0 Å². The maximum Gasteiger partial charge on any atom is 0.0622 e. The fraction of sp³-hybridized carbons (Fsp3) is 0.571. The van der Waals surface area contributed by atoms with Crippen molar-refractivity contribution in [2.24, 2.45) is 5.92 Å². The summed E-state index contributed by atoms with van der Waals surface area (Å²) < 4.78 is 6.43. The van der Waals surface area contributed by atoms with Crippen molar-refractivity contribution in [3.63, 3.8) is 0 Å². The van der Waals surface area contributed by atoms with Crippen LogP contribution in [0.15, 0.2) is 22.7 Å². The molecule has 1 atom stereocenters. The molecule has 1 unspecified atom stereocenters. The van der Waals surface area contributed by atoms with Gasteiger partial charge in [-0.15, -0.1) is 0 Å². The Morgan fingerprint density at radius 2 is 2.11 bits per heavy atom. The van der Waals surface area contributed by atoms with E-state index in [4.69, 9.17) is 16.3 Å². The van der Waals surface area contributed by atoms with Gasteiger partial charge in [0.15, 0.2) is 0 Å². The van der Waals surface area contributed by atoms with Crippen molar-refractivity contribution in [1.29, 1.82) is 0 Å². The Bertz CT molecular complexity index is 371. The van der Waals surface area contributed by atoms with Crippen LogP contribution in [0.2, 0.25) is 5.02 Å². The predicted molar refractivity (Wildman–Crippen MR) is 81.1 cm³/mol. The van der Waals surface area contributed by atoms with Crippen LogP contribution in [-0.4, -0.2) is 19.3 Å². The lowest BCUT2D eigenvalue weighted by molar-refractivity contribution is 0.108. The van der Waals surface area contributed by atoms with E-state index in [0.29, 0.717) is 12.0 Å². The summed E-state index contributed by atoms with van der Waals surface area (Å²) in [6.07, 6.45) is 0. The molecule has 0 bridgehead atoms. The van der Waals surface area contributed by atoms with Crippen LogP contribution in [0.25, 0.3) is 0 Å². The molecule has 0 saturated carbocycles. The average Bonchev–Trinajstić information content (AvgIpc) is 2.33. The summed E-state index contributed by atoms with van der Waals surface area (Å²) >= 11 is 9.41. The molecular formula is C14H21BrClNO. The second-order valence-electron chi connectivity index (χ2n) is 4.64. The number of ether oxygens (including phenoxy) is 1. The highest BCUT2D eigenvalue weighted by atomic mass is 79.9. The molecule has 0 aliphatic heterocycles. The highest BCUT2D eigenvalue weighted by Gasteiger charge is 2.12. The van der Waals surface area contributed by atoms with Crippen LogP contribution < -0.4 is 5.32 Å². The molecule has 0 saturated heterocycles. The first-order chi connectivity index (χ1) is 8.54. The summed E-state index contributed by atoms with van der Waals surface area (Å²) in [4.78, 5) is 0. The SMILES string of the molecule is CCOCC(NCc1ccc(Cl)c(Br)c1)C(C)C. The van der Waals surface area contributed by atoms with Crippen LogP contribution in [0.1, 0.15) is 26.3 Å². The molecule has 102 valence electrons. The molecule has 18 heavy (non-hydrogen) atoms. The fourth-order valence-corrected chi connectivity index (χ4v) is 2.17. The Morgan fingerprint density at radius 3 is 2.67 bits per heavy atom. The summed E-state index contributed by atoms with van der Waals surface area (Å²) in [6, 6.07) is 6.38. The smallest absolute Gasteiger partial charge is 0.0622 e. The molecule has 0 radical (unpaired) electrons. The molecule has 4 heteroatoms. The first-order valence-electron chi connectivity index (χ1n) is 6.29. The van der Waals surface area contributed by atoms with Gasteiger partial charge < -0.3 is 10.1 Å². The summed E-state index contributed by atoms with van der Waals surface area (Å²) in [6.45, 7) is 8.77. The largest absolute Gasteiger partial charge is 0.380 e. The monoisotopic (exact) mass is 333 g/mol. The number of rotatable bonds is 7. The van der Waals surface area contributed by atoms with Crippen molar-refractivity contribution in [3.05, 3.63) is 33.3 Å². The zero-order valence-corrected chi connectivity index (χ0v) is 13.5. The van der Waals surface area contributed by atoms with Gasteiger partial charge in [-0.3, -0.25) is 0 Å². The van der Waals surface area contributed by atoms with Gasteiger partial charge in [0.2, 0.25) is 0 Å². The van der Waals surface area contributed by atoms with E-state index < -0.39 is 0 Å². The van der Waals surface area contributed by atoms with Crippen LogP contribution in [0.5, 0.6) is 0 Å². The summed E-state index contributed by atoms with van der Waals surface area (Å²) in [5.41, 5.74) is 1.22. The van der Waals surface area contributed by atoms with Gasteiger partial charge in [-0.05, 0) is 46.5 Å². The Kier molecular flexibility index (Phi) is 7.23. The molecule has 1 aromatic carbocycles. The Hall–Kier alpha value is -0.0900. The topological polar surface area (TPSA) is 21.3 Å². The molecule has 2 nitrogen and oxygen atoms in total. The Labute approximate surface area is 123 Å². The van der Waals surface area contributed by atoms with Gasteiger partial charge in [-0.2, -0.15) is 0 Å². The second-order valence-corrected chi connectivity index (χ2v) is 5.90. The van der Waals surface area contributed by atoms with Gasteiger partial charge in [0, 0.05) is 23.7 Å². The molecule has 0 aliphatic rings. The summed E-state index contributed by atoms with van der Waals surface area (Å²) in [5.74, 6) is 0.548. The van der Waals surface area contributed by atoms with Crippen molar-refractivity contribution in [3.8, 4) is 0 Å². The lowest BCUT2D eigenvalue weighted by Crippen LogP contribution is -2.37. The first kappa shape index (κ1) is 16.0. The Morgan fingerprint density at radius 1 is 1.39 bits per heavy atom. The van der Waals surface area contributed by atoms with Gasteiger partial charge in [-0.25, -0.2) is 0 Å². The van der Waals surface area contributed by atoms with E-state index in [0.717, 1.165) is 29.3 Å². The summed E-state index contributed by atoms with van der Waals surface area (Å²) in [7, 11) is 0. The Balaban J connectivity index is 2.52. The van der Waals surface area contributed by atoms with Gasteiger partial charge >= 0.3 is 0 Å². The molecule has 1 aromatic rings. The highest BCUT2D eigenvalue weighted by molar-refractivity contribution is 9.10. The zero-order chi connectivity index (χ0) is 13.5. The molecule has 0 amide bonds. The second kappa shape index (κ2) is 8.16. The fourth-order valence-electron chi connectivity index (χ4n) is 1.63. The van der Waals surface area contributed by atoms with E-state index >= 15 is 0 Å². The molecular weight excluding hydrogens is 314 g/mol. The lowest BCUT2D eigenvalue weighted by Gasteiger charge is -2.22. The molecule has 0 spiro atoms. The number of benzene rings is 1. The quantitative estimate of drug-likeness (QED) is 0.804. The molecule has 1 rings (SSSR count). The maximum absolute atomic E-state index is 5.98. The van der Waals surface area contributed by atoms with E-state index in [2.05, 4.69) is 35.1 Å². The minimum atomic E-state index is 0.374. The van der Waals surface area contributed by atoms with E-state index in [9.17, 15) is 0 Å². The van der Waals surface area contributed by atoms with Gasteiger partial charge in [0.05, 0.1) is 11.6 Å². The molecule has 1 N–H and O–H groups in total. The zero-order valence-electron chi connectivity index (χ0n) is 11.2. The van der Waals surface area contributed by atoms with Crippen LogP contribution in [-0.2, 0) is 11.3 Å². The van der Waals surface area contributed by atoms with E-state index in [-0.39, 0.29) is 0 Å². The molecule has 0 aromatic heterocycles. The van der Waals surface area contributed by atoms with E-state index in [1.165, 1.54) is 5.56 Å². The van der Waals surface area contributed by atoms with Crippen LogP contribution >= 0.6 is 27.5 Å². The third-order valence-electron chi connectivity index (χ3n) is 2.86. The number of halogens is 2. The predicted octanol–water partition coefficient (Wildman–Crippen LogP) is 4.25. The number of nitrogens with one attached hydrogen (secondary N) is 1. The number of hydrogen-bond acceptors (Lipinski definition) is 2. The van der Waals surface area contributed by atoms with E-state index in [1.54, 1.807) is 0 Å². The van der Waals surface area contributed by atoms with Crippen LogP contribution in [0, 0.1) is 5.92 Å². The van der Waals surface area contributed by atoms with Crippen molar-refractivity contribution in [2.75, 3.05) is 13.2 Å². The van der Waals surface area contributed by atoms with Crippen molar-refractivity contribution in [2.45, 2.75) is 33.4 Å². The molecule has 0 fully saturated rings. The minimum Gasteiger partial charge on any atom is -0.380 e. The first-order valence-corrected chi connectivity index (χ1v) is 7.46. The average molecular weight is 335 g/mol. The van der Waals surface area contributed by atoms with Crippen molar-refractivity contribution in [1.82, 2.24) is 5.32 Å². The normalized spacial score (nSPS) is 13.0. The maximum atomic E-state index is 5.98. The highest BCUT2D eigenvalue weighted by Crippen LogP contribution is 2.23. The third-order valence-corrected chi connectivity index (χ3v) is 4.07. The minimum absolute atomic E-state index is 0.374. The number of hydrogen-bond donors (Lipinski definition) is 1. The van der Waals surface area contributed by atoms with Crippen LogP contribution in [0.3, 0.4) is 0 Å². The van der Waals surface area contributed by atoms with E-state index in [1.807, 2.05) is 25.1 Å². The third kappa shape index (κ3) is 5.27. The van der Waals surface area contributed by atoms with Gasteiger partial charge in [0.1, 0.15) is 0 Å². The van der Waals surface area contributed by atoms with Crippen LogP contribution in [0.4, 0.5) is 0 Å². The molecule has 0 aliphatic carbocycles.